The van der Waals surface area contributed by atoms with Crippen molar-refractivity contribution in [1.29, 1.82) is 0 Å². The molecule has 1 amide bonds. The Bertz CT molecular complexity index is 633. The molecule has 0 radical (unpaired) electrons. The second-order valence-corrected chi connectivity index (χ2v) is 5.54. The van der Waals surface area contributed by atoms with Crippen molar-refractivity contribution in [1.82, 2.24) is 14.8 Å². The van der Waals surface area contributed by atoms with Gasteiger partial charge >= 0.3 is 0 Å². The first-order valence-corrected chi connectivity index (χ1v) is 6.55. The van der Waals surface area contributed by atoms with E-state index in [0.29, 0.717) is 5.69 Å². The Morgan fingerprint density at radius 2 is 2.21 bits per heavy atom. The average Bonchev–Trinajstić information content (AvgIpc) is 2.64. The third-order valence-electron chi connectivity index (χ3n) is 3.07. The molecule has 102 valence electrons. The van der Waals surface area contributed by atoms with Crippen molar-refractivity contribution in [2.24, 2.45) is 12.5 Å². The maximum Gasteiger partial charge on any atom is 0.231 e. The predicted molar refractivity (Wildman–Crippen MR) is 76.4 cm³/mol. The molecular formula is C13H17ClN4O. The molecule has 0 saturated heterocycles. The number of aryl methyl sites for hydroxylation is 2. The van der Waals surface area contributed by atoms with Gasteiger partial charge in [0.25, 0.3) is 0 Å². The summed E-state index contributed by atoms with van der Waals surface area (Å²) in [5.41, 5.74) is 1.73. The van der Waals surface area contributed by atoms with Crippen LogP contribution in [0.5, 0.6) is 0 Å². The second kappa shape index (κ2) is 4.81. The molecule has 0 aliphatic rings. The van der Waals surface area contributed by atoms with Crippen LogP contribution >= 0.6 is 11.6 Å². The molecule has 0 bridgehead atoms. The van der Waals surface area contributed by atoms with Gasteiger partial charge in [0.05, 0.1) is 23.0 Å². The number of nitrogens with one attached hydrogen (secondary N) is 1. The van der Waals surface area contributed by atoms with E-state index in [1.807, 2.05) is 20.0 Å². The zero-order chi connectivity index (χ0) is 14.2. The maximum atomic E-state index is 12.0. The van der Waals surface area contributed by atoms with Crippen LogP contribution < -0.4 is 5.32 Å². The van der Waals surface area contributed by atoms with E-state index in [1.54, 1.807) is 24.7 Å². The van der Waals surface area contributed by atoms with Crippen molar-refractivity contribution in [3.63, 3.8) is 0 Å². The topological polar surface area (TPSA) is 59.8 Å². The van der Waals surface area contributed by atoms with Crippen LogP contribution in [-0.4, -0.2) is 26.6 Å². The summed E-state index contributed by atoms with van der Waals surface area (Å²) in [5.74, 6) is 0.144. The number of fused-ring (bicyclic) bond motifs is 1. The van der Waals surface area contributed by atoms with E-state index in [1.165, 1.54) is 0 Å². The van der Waals surface area contributed by atoms with Gasteiger partial charge in [-0.15, -0.1) is 11.6 Å². The third-order valence-corrected chi connectivity index (χ3v) is 3.74. The molecule has 0 atom stereocenters. The van der Waals surface area contributed by atoms with E-state index in [4.69, 9.17) is 11.6 Å². The zero-order valence-electron chi connectivity index (χ0n) is 11.5. The number of nitrogens with zero attached hydrogens (tertiary/aromatic N) is 3. The van der Waals surface area contributed by atoms with Crippen molar-refractivity contribution in [2.45, 2.75) is 20.8 Å². The minimum absolute atomic E-state index is 0.120. The fourth-order valence-electron chi connectivity index (χ4n) is 1.74. The number of alkyl halides is 1. The molecule has 0 aromatic carbocycles. The highest BCUT2D eigenvalue weighted by atomic mass is 35.5. The quantitative estimate of drug-likeness (QED) is 0.879. The Balaban J connectivity index is 2.32. The molecule has 5 nitrogen and oxygen atoms in total. The van der Waals surface area contributed by atoms with E-state index in [2.05, 4.69) is 15.4 Å². The zero-order valence-corrected chi connectivity index (χ0v) is 12.2. The molecule has 2 heterocycles. The van der Waals surface area contributed by atoms with Gasteiger partial charge in [-0.3, -0.25) is 9.48 Å². The van der Waals surface area contributed by atoms with Gasteiger partial charge in [-0.05, 0) is 26.8 Å². The number of carbonyl (C=O) groups is 1. The number of pyridine rings is 1. The highest BCUT2D eigenvalue weighted by Crippen LogP contribution is 2.23. The summed E-state index contributed by atoms with van der Waals surface area (Å²) in [4.78, 5) is 16.4. The van der Waals surface area contributed by atoms with Gasteiger partial charge in [-0.1, -0.05) is 0 Å². The van der Waals surface area contributed by atoms with Crippen LogP contribution in [0.15, 0.2) is 12.3 Å². The van der Waals surface area contributed by atoms with Crippen LogP contribution in [0.4, 0.5) is 5.69 Å². The highest BCUT2D eigenvalue weighted by Gasteiger charge is 2.26. The number of carbonyl (C=O) groups excluding carboxylic acids is 1. The van der Waals surface area contributed by atoms with Crippen molar-refractivity contribution in [3.8, 4) is 0 Å². The summed E-state index contributed by atoms with van der Waals surface area (Å²) >= 11 is 5.79. The smallest absolute Gasteiger partial charge is 0.231 e. The molecule has 0 spiro atoms. The number of anilines is 1. The first-order valence-electron chi connectivity index (χ1n) is 6.02. The molecule has 0 aliphatic heterocycles. The Kier molecular flexibility index (Phi) is 3.49. The molecule has 2 aromatic rings. The normalized spacial score (nSPS) is 11.8. The first-order chi connectivity index (χ1) is 8.85. The van der Waals surface area contributed by atoms with E-state index < -0.39 is 5.41 Å². The average molecular weight is 281 g/mol. The van der Waals surface area contributed by atoms with E-state index in [0.717, 1.165) is 16.7 Å². The molecule has 1 N–H and O–H groups in total. The highest BCUT2D eigenvalue weighted by molar-refractivity contribution is 6.20. The fraction of sp³-hybridized carbons (Fsp3) is 0.462. The summed E-state index contributed by atoms with van der Waals surface area (Å²) in [5, 5.41) is 8.07. The molecule has 0 saturated carbocycles. The molecule has 0 fully saturated rings. The first kappa shape index (κ1) is 13.8. The lowest BCUT2D eigenvalue weighted by Gasteiger charge is -2.20. The molecule has 6 heteroatoms. The van der Waals surface area contributed by atoms with Crippen molar-refractivity contribution < 1.29 is 4.79 Å². The monoisotopic (exact) mass is 280 g/mol. The minimum Gasteiger partial charge on any atom is -0.324 e. The van der Waals surface area contributed by atoms with Gasteiger partial charge in [0, 0.05) is 18.3 Å². The maximum absolute atomic E-state index is 12.0. The van der Waals surface area contributed by atoms with Crippen molar-refractivity contribution >= 4 is 34.2 Å². The Hall–Kier alpha value is -1.62. The fourth-order valence-corrected chi connectivity index (χ4v) is 1.86. The Labute approximate surface area is 117 Å². The van der Waals surface area contributed by atoms with E-state index in [-0.39, 0.29) is 11.8 Å². The molecule has 2 aromatic heterocycles. The van der Waals surface area contributed by atoms with Gasteiger partial charge in [0.2, 0.25) is 5.91 Å². The van der Waals surface area contributed by atoms with Crippen LogP contribution in [0, 0.1) is 12.3 Å². The van der Waals surface area contributed by atoms with Gasteiger partial charge in [-0.25, -0.2) is 4.98 Å². The van der Waals surface area contributed by atoms with Gasteiger partial charge in [-0.2, -0.15) is 5.10 Å². The number of aromatic nitrogens is 3. The third kappa shape index (κ3) is 2.56. The van der Waals surface area contributed by atoms with E-state index in [9.17, 15) is 4.79 Å². The molecule has 2 rings (SSSR count). The van der Waals surface area contributed by atoms with Gasteiger partial charge < -0.3 is 5.32 Å². The summed E-state index contributed by atoms with van der Waals surface area (Å²) in [6.45, 7) is 5.52. The van der Waals surface area contributed by atoms with Crippen LogP contribution in [0.3, 0.4) is 0 Å². The Morgan fingerprint density at radius 3 is 2.84 bits per heavy atom. The number of rotatable bonds is 3. The summed E-state index contributed by atoms with van der Waals surface area (Å²) in [7, 11) is 1.84. The van der Waals surface area contributed by atoms with Crippen LogP contribution in [-0.2, 0) is 11.8 Å². The van der Waals surface area contributed by atoms with Crippen molar-refractivity contribution in [2.75, 3.05) is 11.2 Å². The van der Waals surface area contributed by atoms with Crippen molar-refractivity contribution in [3.05, 3.63) is 18.0 Å². The van der Waals surface area contributed by atoms with Gasteiger partial charge in [0.15, 0.2) is 5.65 Å². The second-order valence-electron chi connectivity index (χ2n) is 5.28. The number of amides is 1. The van der Waals surface area contributed by atoms with Crippen LogP contribution in [0.1, 0.15) is 19.5 Å². The standard InChI is InChI=1S/C13H17ClN4O/c1-8-10-5-9(6-15-11(10)18(4)17-8)16-12(19)13(2,3)7-14/h5-6H,7H2,1-4H3,(H,16,19). The van der Waals surface area contributed by atoms with E-state index >= 15 is 0 Å². The lowest BCUT2D eigenvalue weighted by atomic mass is 9.95. The lowest BCUT2D eigenvalue weighted by Crippen LogP contribution is -2.32. The molecule has 19 heavy (non-hydrogen) atoms. The minimum atomic E-state index is -0.611. The number of hydrogen-bond acceptors (Lipinski definition) is 3. The number of halogens is 1. The summed E-state index contributed by atoms with van der Waals surface area (Å²) < 4.78 is 1.72. The largest absolute Gasteiger partial charge is 0.324 e. The molecule has 0 unspecified atom stereocenters. The lowest BCUT2D eigenvalue weighted by molar-refractivity contribution is -0.122. The molecular weight excluding hydrogens is 264 g/mol. The SMILES string of the molecule is Cc1nn(C)c2ncc(NC(=O)C(C)(C)CCl)cc12. The predicted octanol–water partition coefficient (Wildman–Crippen LogP) is 2.48. The summed E-state index contributed by atoms with van der Waals surface area (Å²) in [6.07, 6.45) is 1.63. The van der Waals surface area contributed by atoms with Crippen LogP contribution in [0.25, 0.3) is 11.0 Å². The van der Waals surface area contributed by atoms with Gasteiger partial charge in [0.1, 0.15) is 0 Å². The molecule has 0 aliphatic carbocycles. The van der Waals surface area contributed by atoms with Crippen LogP contribution in [0.2, 0.25) is 0 Å². The summed E-state index contributed by atoms with van der Waals surface area (Å²) in [6, 6.07) is 1.88. The number of hydrogen-bond donors (Lipinski definition) is 1. The Morgan fingerprint density at radius 1 is 1.53 bits per heavy atom.